The maximum Gasteiger partial charge on any atom is 0.254 e. The second-order valence-corrected chi connectivity index (χ2v) is 5.44. The molecule has 3 atom stereocenters. The Hall–Kier alpha value is -1.77. The Labute approximate surface area is 127 Å². The van der Waals surface area contributed by atoms with Gasteiger partial charge in [0.25, 0.3) is 5.56 Å². The molecule has 0 unspecified atom stereocenters. The SMILES string of the molecule is Cc1nc(C)c(CC(=O)N[C@H]2CCO[C@H](CO)[C@H]2O)c(=O)[nH]1. The minimum atomic E-state index is -0.974. The van der Waals surface area contributed by atoms with Gasteiger partial charge in [0, 0.05) is 17.9 Å². The summed E-state index contributed by atoms with van der Waals surface area (Å²) in [5.41, 5.74) is 0.487. The van der Waals surface area contributed by atoms with E-state index in [1.165, 1.54) is 0 Å². The van der Waals surface area contributed by atoms with Crippen LogP contribution in [0.1, 0.15) is 23.5 Å². The number of carbonyl (C=O) groups excluding carboxylic acids is 1. The normalized spacial score (nSPS) is 25.0. The van der Waals surface area contributed by atoms with Crippen LogP contribution in [0.15, 0.2) is 4.79 Å². The van der Waals surface area contributed by atoms with Gasteiger partial charge in [-0.2, -0.15) is 0 Å². The molecule has 122 valence electrons. The van der Waals surface area contributed by atoms with Crippen molar-refractivity contribution in [1.29, 1.82) is 0 Å². The highest BCUT2D eigenvalue weighted by Crippen LogP contribution is 2.14. The van der Waals surface area contributed by atoms with Crippen molar-refractivity contribution < 1.29 is 19.7 Å². The number of aromatic amines is 1. The summed E-state index contributed by atoms with van der Waals surface area (Å²) in [7, 11) is 0. The topological polar surface area (TPSA) is 125 Å². The van der Waals surface area contributed by atoms with E-state index in [1.54, 1.807) is 13.8 Å². The van der Waals surface area contributed by atoms with Crippen molar-refractivity contribution in [3.63, 3.8) is 0 Å². The average molecular weight is 311 g/mol. The Balaban J connectivity index is 2.03. The molecule has 2 rings (SSSR count). The number of carbonyl (C=O) groups is 1. The van der Waals surface area contributed by atoms with Crippen molar-refractivity contribution in [3.8, 4) is 0 Å². The van der Waals surface area contributed by atoms with E-state index in [2.05, 4.69) is 15.3 Å². The third-order valence-corrected chi connectivity index (χ3v) is 3.76. The Morgan fingerprint density at radius 3 is 2.86 bits per heavy atom. The van der Waals surface area contributed by atoms with Crippen molar-refractivity contribution in [2.24, 2.45) is 0 Å². The fourth-order valence-electron chi connectivity index (χ4n) is 2.57. The van der Waals surface area contributed by atoms with Crippen LogP contribution < -0.4 is 10.9 Å². The van der Waals surface area contributed by atoms with Crippen molar-refractivity contribution in [3.05, 3.63) is 27.4 Å². The molecule has 1 aromatic rings. The van der Waals surface area contributed by atoms with E-state index in [0.29, 0.717) is 30.1 Å². The maximum atomic E-state index is 12.1. The number of aliphatic hydroxyl groups excluding tert-OH is 2. The molecule has 1 aliphatic heterocycles. The second kappa shape index (κ2) is 6.99. The molecule has 1 aromatic heterocycles. The van der Waals surface area contributed by atoms with Crippen LogP contribution in [0.2, 0.25) is 0 Å². The molecule has 8 nitrogen and oxygen atoms in total. The van der Waals surface area contributed by atoms with E-state index in [1.807, 2.05) is 0 Å². The van der Waals surface area contributed by atoms with Gasteiger partial charge in [0.1, 0.15) is 18.0 Å². The van der Waals surface area contributed by atoms with Crippen LogP contribution in [0.3, 0.4) is 0 Å². The quantitative estimate of drug-likeness (QED) is 0.539. The zero-order valence-electron chi connectivity index (χ0n) is 12.6. The highest BCUT2D eigenvalue weighted by Gasteiger charge is 2.33. The lowest BCUT2D eigenvalue weighted by Crippen LogP contribution is -2.54. The summed E-state index contributed by atoms with van der Waals surface area (Å²) in [6.45, 7) is 3.38. The smallest absolute Gasteiger partial charge is 0.254 e. The fraction of sp³-hybridized carbons (Fsp3) is 0.643. The number of hydrogen-bond acceptors (Lipinski definition) is 6. The Morgan fingerprint density at radius 1 is 1.50 bits per heavy atom. The van der Waals surface area contributed by atoms with E-state index in [0.717, 1.165) is 0 Å². The van der Waals surface area contributed by atoms with Crippen molar-refractivity contribution in [1.82, 2.24) is 15.3 Å². The van der Waals surface area contributed by atoms with Crippen molar-refractivity contribution >= 4 is 5.91 Å². The maximum absolute atomic E-state index is 12.1. The lowest BCUT2D eigenvalue weighted by molar-refractivity contribution is -0.131. The van der Waals surface area contributed by atoms with Gasteiger partial charge in [-0.05, 0) is 20.3 Å². The van der Waals surface area contributed by atoms with Gasteiger partial charge in [-0.15, -0.1) is 0 Å². The van der Waals surface area contributed by atoms with Crippen LogP contribution in [0, 0.1) is 13.8 Å². The molecule has 0 bridgehead atoms. The summed E-state index contributed by atoms with van der Waals surface area (Å²) in [5, 5.41) is 21.8. The number of nitrogens with zero attached hydrogens (tertiary/aromatic N) is 1. The van der Waals surface area contributed by atoms with E-state index < -0.39 is 18.2 Å². The molecule has 8 heteroatoms. The highest BCUT2D eigenvalue weighted by molar-refractivity contribution is 5.79. The lowest BCUT2D eigenvalue weighted by Gasteiger charge is -2.34. The predicted molar refractivity (Wildman–Crippen MR) is 77.4 cm³/mol. The molecule has 22 heavy (non-hydrogen) atoms. The predicted octanol–water partition coefficient (Wildman–Crippen LogP) is -1.44. The number of aliphatic hydroxyl groups is 2. The molecule has 1 saturated heterocycles. The molecule has 1 aliphatic rings. The van der Waals surface area contributed by atoms with Gasteiger partial charge in [0.15, 0.2) is 0 Å². The number of amides is 1. The van der Waals surface area contributed by atoms with Crippen molar-refractivity contribution in [2.45, 2.75) is 44.9 Å². The molecule has 4 N–H and O–H groups in total. The molecule has 0 spiro atoms. The summed E-state index contributed by atoms with van der Waals surface area (Å²) < 4.78 is 5.20. The summed E-state index contributed by atoms with van der Waals surface area (Å²) in [5.74, 6) is 0.124. The number of aromatic nitrogens is 2. The van der Waals surface area contributed by atoms with Crippen LogP contribution in [0.4, 0.5) is 0 Å². The van der Waals surface area contributed by atoms with E-state index in [-0.39, 0.29) is 24.5 Å². The molecular formula is C14H21N3O5. The minimum Gasteiger partial charge on any atom is -0.394 e. The average Bonchev–Trinajstić information content (AvgIpc) is 2.45. The van der Waals surface area contributed by atoms with E-state index in [9.17, 15) is 14.7 Å². The third kappa shape index (κ3) is 3.70. The van der Waals surface area contributed by atoms with Gasteiger partial charge in [0.2, 0.25) is 5.91 Å². The van der Waals surface area contributed by atoms with Crippen LogP contribution in [0.25, 0.3) is 0 Å². The lowest BCUT2D eigenvalue weighted by atomic mass is 9.99. The van der Waals surface area contributed by atoms with Crippen LogP contribution >= 0.6 is 0 Å². The number of aryl methyl sites for hydroxylation is 2. The first-order valence-electron chi connectivity index (χ1n) is 7.18. The van der Waals surface area contributed by atoms with Crippen LogP contribution in [-0.2, 0) is 16.0 Å². The van der Waals surface area contributed by atoms with Gasteiger partial charge in [-0.1, -0.05) is 0 Å². The van der Waals surface area contributed by atoms with Gasteiger partial charge in [0.05, 0.1) is 19.1 Å². The van der Waals surface area contributed by atoms with E-state index in [4.69, 9.17) is 9.84 Å². The summed E-state index contributed by atoms with van der Waals surface area (Å²) in [6.07, 6.45) is -1.34. The van der Waals surface area contributed by atoms with Gasteiger partial charge < -0.3 is 25.3 Å². The Morgan fingerprint density at radius 2 is 2.23 bits per heavy atom. The summed E-state index contributed by atoms with van der Waals surface area (Å²) >= 11 is 0. The molecule has 0 saturated carbocycles. The Kier molecular flexibility index (Phi) is 5.28. The molecule has 2 heterocycles. The monoisotopic (exact) mass is 311 g/mol. The molecular weight excluding hydrogens is 290 g/mol. The summed E-state index contributed by atoms with van der Waals surface area (Å²) in [4.78, 5) is 30.7. The minimum absolute atomic E-state index is 0.109. The number of hydrogen-bond donors (Lipinski definition) is 4. The number of rotatable bonds is 4. The van der Waals surface area contributed by atoms with Crippen LogP contribution in [-0.4, -0.2) is 57.6 Å². The van der Waals surface area contributed by atoms with Crippen LogP contribution in [0.5, 0.6) is 0 Å². The molecule has 0 aromatic carbocycles. The molecule has 1 amide bonds. The number of H-pyrrole nitrogens is 1. The first kappa shape index (κ1) is 16.6. The third-order valence-electron chi connectivity index (χ3n) is 3.76. The van der Waals surface area contributed by atoms with Gasteiger partial charge in [-0.3, -0.25) is 9.59 Å². The van der Waals surface area contributed by atoms with Crippen molar-refractivity contribution in [2.75, 3.05) is 13.2 Å². The fourth-order valence-corrected chi connectivity index (χ4v) is 2.57. The highest BCUT2D eigenvalue weighted by atomic mass is 16.5. The molecule has 0 radical (unpaired) electrons. The molecule has 1 fully saturated rings. The zero-order valence-corrected chi connectivity index (χ0v) is 12.6. The standard InChI is InChI=1S/C14H21N3O5/c1-7-9(14(21)16-8(2)15-7)5-12(19)17-10-3-4-22-11(6-18)13(10)20/h10-11,13,18,20H,3-6H2,1-2H3,(H,17,19)(H,15,16,21)/t10-,11+,13-/m0/s1. The zero-order chi connectivity index (χ0) is 16.3. The van der Waals surface area contributed by atoms with Gasteiger partial charge >= 0.3 is 0 Å². The first-order chi connectivity index (χ1) is 10.4. The van der Waals surface area contributed by atoms with Gasteiger partial charge in [-0.25, -0.2) is 4.98 Å². The number of ether oxygens (including phenoxy) is 1. The first-order valence-corrected chi connectivity index (χ1v) is 7.18. The largest absolute Gasteiger partial charge is 0.394 e. The molecule has 0 aliphatic carbocycles. The second-order valence-electron chi connectivity index (χ2n) is 5.44. The number of nitrogens with one attached hydrogen (secondary N) is 2. The summed E-state index contributed by atoms with van der Waals surface area (Å²) in [6, 6.07) is -0.504. The van der Waals surface area contributed by atoms with E-state index >= 15 is 0 Å². The Bertz CT molecular complexity index is 601.